The molecule has 0 aliphatic rings. The van der Waals surface area contributed by atoms with Gasteiger partial charge in [0.2, 0.25) is 6.08 Å². The Morgan fingerprint density at radius 3 is 1.62 bits per heavy atom. The van der Waals surface area contributed by atoms with Crippen molar-refractivity contribution in [1.29, 1.82) is 0 Å². The summed E-state index contributed by atoms with van der Waals surface area (Å²) < 4.78 is 0. The van der Waals surface area contributed by atoms with E-state index in [2.05, 4.69) is 11.9 Å². The van der Waals surface area contributed by atoms with Crippen LogP contribution in [0.1, 0.15) is 20.8 Å². The number of nitrogens with zero attached hydrogens (tertiary/aromatic N) is 1. The third kappa shape index (κ3) is 133. The molecule has 0 saturated heterocycles. The van der Waals surface area contributed by atoms with E-state index < -0.39 is 0 Å². The van der Waals surface area contributed by atoms with Gasteiger partial charge in [0.25, 0.3) is 0 Å². The number of hydrogen-bond acceptors (Lipinski definition) is 4. The van der Waals surface area contributed by atoms with Gasteiger partial charge in [-0.05, 0) is 13.8 Å². The van der Waals surface area contributed by atoms with Gasteiger partial charge < -0.3 is 17.1 Å². The van der Waals surface area contributed by atoms with E-state index in [1.807, 2.05) is 0 Å². The first-order chi connectivity index (χ1) is 5.60. The molecule has 0 aliphatic heterocycles. The second-order valence-electron chi connectivity index (χ2n) is 1.70. The van der Waals surface area contributed by atoms with Crippen LogP contribution in [0.2, 0.25) is 0 Å². The van der Waals surface area contributed by atoms with Crippen molar-refractivity contribution in [2.24, 2.45) is 4.99 Å². The van der Waals surface area contributed by atoms with Crippen LogP contribution in [0.5, 0.6) is 0 Å². The Balaban J connectivity index is -0.0000000501. The van der Waals surface area contributed by atoms with Crippen molar-refractivity contribution in [1.82, 2.24) is 0 Å². The zero-order valence-electron chi connectivity index (χ0n) is 8.45. The van der Waals surface area contributed by atoms with Crippen molar-refractivity contribution in [3.63, 3.8) is 0 Å². The van der Waals surface area contributed by atoms with E-state index in [1.54, 1.807) is 20.8 Å². The van der Waals surface area contributed by atoms with Crippen LogP contribution in [-0.4, -0.2) is 35.5 Å². The maximum Gasteiger partial charge on any atom is 0.232 e. The van der Waals surface area contributed by atoms with Gasteiger partial charge >= 0.3 is 0 Å². The standard InChI is InChI=1S/C4H6NO.2C2H6O.Ti/c1-4(2)5-3-6;2*1-2-3;/h4H,1H2,2H3;2*3H,2H2,1H3;/q-1;;;. The van der Waals surface area contributed by atoms with Crippen LogP contribution in [0, 0.1) is 6.92 Å². The number of rotatable bonds is 1. The average Bonchev–Trinajstić information content (AvgIpc) is 1.89. The Bertz CT molecular complexity index is 102. The van der Waals surface area contributed by atoms with Gasteiger partial charge in [-0.1, -0.05) is 13.0 Å². The molecule has 0 fully saturated rings. The molecule has 0 spiro atoms. The van der Waals surface area contributed by atoms with Gasteiger partial charge in [-0.3, -0.25) is 0 Å². The van der Waals surface area contributed by atoms with Crippen LogP contribution >= 0.6 is 0 Å². The fourth-order valence-corrected chi connectivity index (χ4v) is 0.0900. The summed E-state index contributed by atoms with van der Waals surface area (Å²) in [5.74, 6) is 0. The van der Waals surface area contributed by atoms with Gasteiger partial charge in [0.05, 0.1) is 0 Å². The number of hydrogen-bond donors (Lipinski definition) is 2. The summed E-state index contributed by atoms with van der Waals surface area (Å²) in [5, 5.41) is 15.1. The van der Waals surface area contributed by atoms with Gasteiger partial charge in [-0.2, -0.15) is 0 Å². The van der Waals surface area contributed by atoms with E-state index in [0.717, 1.165) is 0 Å². The van der Waals surface area contributed by atoms with Crippen LogP contribution < -0.4 is 0 Å². The Hall–Kier alpha value is 0.0143. The Morgan fingerprint density at radius 2 is 1.62 bits per heavy atom. The molecular weight excluding hydrogens is 206 g/mol. The first-order valence-electron chi connectivity index (χ1n) is 3.72. The fraction of sp³-hybridized carbons (Fsp3) is 0.750. The van der Waals surface area contributed by atoms with E-state index in [4.69, 9.17) is 10.2 Å². The molecule has 0 saturated carbocycles. The summed E-state index contributed by atoms with van der Waals surface area (Å²) in [5.41, 5.74) is 0. The van der Waals surface area contributed by atoms with E-state index in [9.17, 15) is 4.79 Å². The minimum atomic E-state index is -0.150. The molecule has 0 aromatic rings. The second-order valence-corrected chi connectivity index (χ2v) is 1.70. The summed E-state index contributed by atoms with van der Waals surface area (Å²) in [7, 11) is 0. The maximum absolute atomic E-state index is 9.28. The topological polar surface area (TPSA) is 69.9 Å². The molecule has 78 valence electrons. The molecule has 0 heterocycles. The molecule has 13 heavy (non-hydrogen) atoms. The van der Waals surface area contributed by atoms with Crippen LogP contribution in [-0.2, 0) is 26.5 Å². The minimum absolute atomic E-state index is 0. The molecule has 0 aromatic carbocycles. The Morgan fingerprint density at radius 1 is 1.38 bits per heavy atom. The molecule has 0 rings (SSSR count). The largest absolute Gasteiger partial charge is 0.397 e. The quantitative estimate of drug-likeness (QED) is 0.295. The zero-order valence-corrected chi connectivity index (χ0v) is 10.0. The van der Waals surface area contributed by atoms with Crippen molar-refractivity contribution in [3.8, 4) is 0 Å². The van der Waals surface area contributed by atoms with Crippen molar-refractivity contribution < 1.29 is 36.7 Å². The van der Waals surface area contributed by atoms with Crippen molar-refractivity contribution >= 4 is 6.08 Å². The minimum Gasteiger partial charge on any atom is -0.397 e. The predicted molar refractivity (Wildman–Crippen MR) is 48.5 cm³/mol. The summed E-state index contributed by atoms with van der Waals surface area (Å²) in [4.78, 5) is 12.5. The Kier molecular flexibility index (Phi) is 52.7. The van der Waals surface area contributed by atoms with Crippen LogP contribution in [0.15, 0.2) is 4.99 Å². The molecule has 4 nitrogen and oxygen atoms in total. The molecule has 2 N–H and O–H groups in total. The summed E-state index contributed by atoms with van der Waals surface area (Å²) in [6.07, 6.45) is 1.38. The number of aliphatic imine (C=N–C) groups is 1. The molecule has 5 heteroatoms. The van der Waals surface area contributed by atoms with Gasteiger partial charge in [0.15, 0.2) is 0 Å². The normalized spacial score (nSPS) is 8.46. The summed E-state index contributed by atoms with van der Waals surface area (Å²) in [6, 6.07) is -0.150. The molecule has 0 aromatic heterocycles. The smallest absolute Gasteiger partial charge is 0.232 e. The van der Waals surface area contributed by atoms with Gasteiger partial charge in [0.1, 0.15) is 0 Å². The summed E-state index contributed by atoms with van der Waals surface area (Å²) in [6.45, 7) is 8.97. The van der Waals surface area contributed by atoms with Crippen molar-refractivity contribution in [2.75, 3.05) is 13.2 Å². The van der Waals surface area contributed by atoms with E-state index in [0.29, 0.717) is 0 Å². The van der Waals surface area contributed by atoms with Gasteiger partial charge in [-0.25, -0.2) is 9.79 Å². The molecule has 0 amide bonds. The number of carbonyl (C=O) groups excluding carboxylic acids is 1. The Labute approximate surface area is 95.0 Å². The monoisotopic (exact) mass is 224 g/mol. The van der Waals surface area contributed by atoms with Crippen LogP contribution in [0.4, 0.5) is 0 Å². The molecular formula is C8H18NO3Ti-. The third-order valence-corrected chi connectivity index (χ3v) is 0.273. The first kappa shape index (κ1) is 23.1. The average molecular weight is 224 g/mol. The van der Waals surface area contributed by atoms with Crippen LogP contribution in [0.25, 0.3) is 0 Å². The van der Waals surface area contributed by atoms with E-state index in [-0.39, 0.29) is 41.0 Å². The molecule has 0 aliphatic carbocycles. The van der Waals surface area contributed by atoms with Crippen LogP contribution in [0.3, 0.4) is 0 Å². The van der Waals surface area contributed by atoms with E-state index >= 15 is 0 Å². The SMILES string of the molecule is CCO.CCO.[CH2-]C(C)N=C=O.[Ti]. The number of aliphatic hydroxyl groups is 2. The second kappa shape index (κ2) is 29.6. The first-order valence-corrected chi connectivity index (χ1v) is 3.72. The van der Waals surface area contributed by atoms with Gasteiger partial charge in [-0.15, -0.1) is 0 Å². The van der Waals surface area contributed by atoms with Crippen molar-refractivity contribution in [3.05, 3.63) is 6.92 Å². The zero-order chi connectivity index (χ0) is 10.4. The fourth-order valence-electron chi connectivity index (χ4n) is 0.0900. The maximum atomic E-state index is 9.28. The molecule has 1 atom stereocenters. The molecule has 0 bridgehead atoms. The predicted octanol–water partition coefficient (Wildman–Crippen LogP) is 0.539. The van der Waals surface area contributed by atoms with Gasteiger partial charge in [0, 0.05) is 34.9 Å². The summed E-state index contributed by atoms with van der Waals surface area (Å²) >= 11 is 0. The van der Waals surface area contributed by atoms with E-state index in [1.165, 1.54) is 6.08 Å². The number of aliphatic hydroxyl groups excluding tert-OH is 2. The molecule has 1 unspecified atom stereocenters. The third-order valence-electron chi connectivity index (χ3n) is 0.273. The van der Waals surface area contributed by atoms with Crippen molar-refractivity contribution in [2.45, 2.75) is 26.8 Å². The molecule has 0 radical (unpaired) electrons. The number of isocyanates is 1.